The predicted molar refractivity (Wildman–Crippen MR) is 129 cm³/mol. The van der Waals surface area contributed by atoms with E-state index >= 15 is 0 Å². The van der Waals surface area contributed by atoms with Crippen LogP contribution in [0.1, 0.15) is 5.69 Å². The molecule has 0 spiro atoms. The molecule has 180 valence electrons. The van der Waals surface area contributed by atoms with Crippen molar-refractivity contribution >= 4 is 35.0 Å². The highest BCUT2D eigenvalue weighted by Gasteiger charge is 2.34. The molecule has 4 aromatic rings. The van der Waals surface area contributed by atoms with Gasteiger partial charge in [-0.15, -0.1) is 0 Å². The third kappa shape index (κ3) is 6.14. The number of nitrogens with zero attached hydrogens (tertiary/aromatic N) is 3. The fourth-order valence-corrected chi connectivity index (χ4v) is 4.10. The Morgan fingerprint density at radius 1 is 1.09 bits per heavy atom. The normalized spacial score (nSPS) is 11.3. The van der Waals surface area contributed by atoms with Crippen LogP contribution >= 0.6 is 23.4 Å². The number of aromatic nitrogens is 3. The summed E-state index contributed by atoms with van der Waals surface area (Å²) in [5.41, 5.74) is 0.661. The molecule has 1 N–H and O–H groups in total. The van der Waals surface area contributed by atoms with E-state index < -0.39 is 17.8 Å². The first kappa shape index (κ1) is 24.6. The Labute approximate surface area is 208 Å². The highest BCUT2D eigenvalue weighted by molar-refractivity contribution is 7.99. The van der Waals surface area contributed by atoms with Crippen molar-refractivity contribution in [2.75, 3.05) is 18.2 Å². The van der Waals surface area contributed by atoms with Gasteiger partial charge in [0.2, 0.25) is 5.91 Å². The molecule has 35 heavy (non-hydrogen) atoms. The van der Waals surface area contributed by atoms with Gasteiger partial charge in [-0.1, -0.05) is 23.4 Å². The summed E-state index contributed by atoms with van der Waals surface area (Å²) in [6, 6.07) is 16.1. The smallest absolute Gasteiger partial charge is 0.433 e. The van der Waals surface area contributed by atoms with Crippen LogP contribution in [0.4, 0.5) is 18.9 Å². The summed E-state index contributed by atoms with van der Waals surface area (Å²) < 4.78 is 47.2. The second-order valence-corrected chi connectivity index (χ2v) is 8.59. The minimum atomic E-state index is -4.67. The first-order valence-corrected chi connectivity index (χ1v) is 11.6. The van der Waals surface area contributed by atoms with Gasteiger partial charge in [0, 0.05) is 23.6 Å². The molecule has 6 nitrogen and oxygen atoms in total. The lowest BCUT2D eigenvalue weighted by atomic mass is 10.1. The highest BCUT2D eigenvalue weighted by atomic mass is 35.5. The van der Waals surface area contributed by atoms with Gasteiger partial charge in [-0.05, 0) is 60.7 Å². The molecular formula is C24H18ClF3N4O2S. The molecule has 2 heterocycles. The third-order valence-corrected chi connectivity index (χ3v) is 5.98. The number of methoxy groups -OCH3 is 1. The van der Waals surface area contributed by atoms with Crippen molar-refractivity contribution in [2.45, 2.75) is 11.3 Å². The number of hydrogen-bond acceptors (Lipinski definition) is 5. The lowest BCUT2D eigenvalue weighted by Gasteiger charge is -2.11. The first-order valence-electron chi connectivity index (χ1n) is 10.2. The number of thioether (sulfide) groups is 1. The Hall–Kier alpha value is -3.50. The van der Waals surface area contributed by atoms with Crippen molar-refractivity contribution in [2.24, 2.45) is 0 Å². The van der Waals surface area contributed by atoms with E-state index in [1.54, 1.807) is 42.5 Å². The maximum absolute atomic E-state index is 13.4. The highest BCUT2D eigenvalue weighted by Crippen LogP contribution is 2.32. The van der Waals surface area contributed by atoms with Crippen LogP contribution < -0.4 is 10.1 Å². The Bertz CT molecular complexity index is 1330. The van der Waals surface area contributed by atoms with Crippen molar-refractivity contribution in [1.82, 2.24) is 14.5 Å². The summed E-state index contributed by atoms with van der Waals surface area (Å²) in [6.07, 6.45) is -0.989. The molecule has 0 fully saturated rings. The van der Waals surface area contributed by atoms with Crippen LogP contribution in [0.3, 0.4) is 0 Å². The Morgan fingerprint density at radius 3 is 2.43 bits per heavy atom. The number of amides is 1. The minimum absolute atomic E-state index is 0.0882. The van der Waals surface area contributed by atoms with E-state index in [1.807, 2.05) is 29.1 Å². The molecule has 0 radical (unpaired) electrons. The summed E-state index contributed by atoms with van der Waals surface area (Å²) in [5.74, 6) is -0.0706. The van der Waals surface area contributed by atoms with E-state index in [2.05, 4.69) is 15.3 Å². The Morgan fingerprint density at radius 2 is 1.80 bits per heavy atom. The SMILES string of the molecule is COc1ccc(-c2cc(C(F)(F)F)nc(SCC(=O)Nc3ccc(-n4cccc4)c(Cl)c3)n2)cc1. The number of nitrogens with one attached hydrogen (secondary N) is 1. The van der Waals surface area contributed by atoms with E-state index in [4.69, 9.17) is 16.3 Å². The Balaban J connectivity index is 1.48. The molecule has 0 aliphatic rings. The van der Waals surface area contributed by atoms with Gasteiger partial charge >= 0.3 is 6.18 Å². The van der Waals surface area contributed by atoms with Crippen LogP contribution in [0.5, 0.6) is 5.75 Å². The monoisotopic (exact) mass is 518 g/mol. The molecule has 0 bridgehead atoms. The lowest BCUT2D eigenvalue weighted by Crippen LogP contribution is -2.15. The number of anilines is 1. The number of rotatable bonds is 7. The average molecular weight is 519 g/mol. The van der Waals surface area contributed by atoms with Gasteiger partial charge in [0.25, 0.3) is 0 Å². The van der Waals surface area contributed by atoms with Crippen LogP contribution in [0.15, 0.2) is 78.2 Å². The largest absolute Gasteiger partial charge is 0.497 e. The van der Waals surface area contributed by atoms with Gasteiger partial charge in [0.1, 0.15) is 11.4 Å². The Kier molecular flexibility index (Phi) is 7.32. The number of benzene rings is 2. The molecule has 0 saturated heterocycles. The van der Waals surface area contributed by atoms with Crippen LogP contribution in [0.2, 0.25) is 5.02 Å². The average Bonchev–Trinajstić information content (AvgIpc) is 3.37. The summed E-state index contributed by atoms with van der Waals surface area (Å²) in [4.78, 5) is 20.3. The zero-order valence-electron chi connectivity index (χ0n) is 18.2. The van der Waals surface area contributed by atoms with Crippen LogP contribution in [0, 0.1) is 0 Å². The zero-order chi connectivity index (χ0) is 25.0. The summed E-state index contributed by atoms with van der Waals surface area (Å²) in [5, 5.41) is 2.95. The molecular weight excluding hydrogens is 501 g/mol. The summed E-state index contributed by atoms with van der Waals surface area (Å²) in [7, 11) is 1.49. The number of ether oxygens (including phenoxy) is 1. The van der Waals surface area contributed by atoms with Gasteiger partial charge in [0.15, 0.2) is 5.16 Å². The first-order chi connectivity index (χ1) is 16.7. The molecule has 0 atom stereocenters. The van der Waals surface area contributed by atoms with E-state index in [1.165, 1.54) is 7.11 Å². The topological polar surface area (TPSA) is 69.0 Å². The molecule has 0 unspecified atom stereocenters. The maximum atomic E-state index is 13.4. The van der Waals surface area contributed by atoms with Crippen LogP contribution in [-0.4, -0.2) is 33.3 Å². The molecule has 4 rings (SSSR count). The maximum Gasteiger partial charge on any atom is 0.433 e. The quantitative estimate of drug-likeness (QED) is 0.228. The van der Waals surface area contributed by atoms with Crippen molar-refractivity contribution < 1.29 is 22.7 Å². The van der Waals surface area contributed by atoms with Gasteiger partial charge < -0.3 is 14.6 Å². The van der Waals surface area contributed by atoms with Gasteiger partial charge in [0.05, 0.1) is 29.3 Å². The van der Waals surface area contributed by atoms with E-state index in [0.29, 0.717) is 22.0 Å². The summed E-state index contributed by atoms with van der Waals surface area (Å²) >= 11 is 7.12. The molecule has 2 aromatic heterocycles. The molecule has 11 heteroatoms. The van der Waals surface area contributed by atoms with Gasteiger partial charge in [-0.25, -0.2) is 9.97 Å². The standard InChI is InChI=1S/C24H18ClF3N4O2S/c1-34-17-7-4-15(5-8-17)19-13-21(24(26,27)28)31-23(30-19)35-14-22(33)29-16-6-9-20(18(25)12-16)32-10-2-3-11-32/h2-13H,14H2,1H3,(H,29,33). The van der Waals surface area contributed by atoms with Gasteiger partial charge in [-0.3, -0.25) is 4.79 Å². The van der Waals surface area contributed by atoms with E-state index in [0.717, 1.165) is 23.5 Å². The van der Waals surface area contributed by atoms with Crippen molar-refractivity contribution in [3.8, 4) is 22.7 Å². The predicted octanol–water partition coefficient (Wildman–Crippen LogP) is 6.35. The molecule has 0 aliphatic heterocycles. The van der Waals surface area contributed by atoms with Crippen LogP contribution in [-0.2, 0) is 11.0 Å². The fourth-order valence-electron chi connectivity index (χ4n) is 3.16. The van der Waals surface area contributed by atoms with Crippen molar-refractivity contribution in [3.05, 3.63) is 83.8 Å². The van der Waals surface area contributed by atoms with Crippen molar-refractivity contribution in [1.29, 1.82) is 0 Å². The fraction of sp³-hybridized carbons (Fsp3) is 0.125. The summed E-state index contributed by atoms with van der Waals surface area (Å²) in [6.45, 7) is 0. The number of hydrogen-bond donors (Lipinski definition) is 1. The van der Waals surface area contributed by atoms with E-state index in [-0.39, 0.29) is 16.6 Å². The molecule has 1 amide bonds. The third-order valence-electron chi connectivity index (χ3n) is 4.83. The minimum Gasteiger partial charge on any atom is -0.497 e. The van der Waals surface area contributed by atoms with E-state index in [9.17, 15) is 18.0 Å². The molecule has 0 aliphatic carbocycles. The van der Waals surface area contributed by atoms with Gasteiger partial charge in [-0.2, -0.15) is 13.2 Å². The number of carbonyl (C=O) groups excluding carboxylic acids is 1. The molecule has 2 aromatic carbocycles. The number of alkyl halides is 3. The van der Waals surface area contributed by atoms with Crippen LogP contribution in [0.25, 0.3) is 16.9 Å². The van der Waals surface area contributed by atoms with Crippen molar-refractivity contribution in [3.63, 3.8) is 0 Å². The molecule has 0 saturated carbocycles. The zero-order valence-corrected chi connectivity index (χ0v) is 19.8. The lowest BCUT2D eigenvalue weighted by molar-refractivity contribution is -0.141. The number of halogens is 4. The second kappa shape index (κ2) is 10.4. The second-order valence-electron chi connectivity index (χ2n) is 7.24. The number of carbonyl (C=O) groups is 1.